The molecule has 2 aromatic rings. The van der Waals surface area contributed by atoms with E-state index in [1.165, 1.54) is 0 Å². The van der Waals surface area contributed by atoms with E-state index in [-0.39, 0.29) is 11.9 Å². The first kappa shape index (κ1) is 14.1. The summed E-state index contributed by atoms with van der Waals surface area (Å²) >= 11 is 0. The predicted octanol–water partition coefficient (Wildman–Crippen LogP) is 4.07. The highest BCUT2D eigenvalue weighted by atomic mass is 16.5. The first-order valence-corrected chi connectivity index (χ1v) is 6.82. The summed E-state index contributed by atoms with van der Waals surface area (Å²) in [4.78, 5) is 11.5. The highest BCUT2D eigenvalue weighted by molar-refractivity contribution is 5.76. The minimum atomic E-state index is -0.0811. The van der Waals surface area contributed by atoms with Gasteiger partial charge in [0.1, 0.15) is 11.5 Å². The molecule has 0 aromatic heterocycles. The summed E-state index contributed by atoms with van der Waals surface area (Å²) in [5, 5.41) is 2.95. The molecule has 0 radical (unpaired) electrons. The van der Waals surface area contributed by atoms with Crippen molar-refractivity contribution in [2.45, 2.75) is 26.3 Å². The number of amides is 1. The molecule has 2 aromatic carbocycles. The molecule has 0 heterocycles. The van der Waals surface area contributed by atoms with Crippen LogP contribution in [0.3, 0.4) is 0 Å². The third-order valence-corrected chi connectivity index (χ3v) is 3.06. The second-order valence-electron chi connectivity index (χ2n) is 4.60. The van der Waals surface area contributed by atoms with Gasteiger partial charge in [0, 0.05) is 12.0 Å². The number of carbonyl (C=O) groups is 1. The van der Waals surface area contributed by atoms with Crippen LogP contribution in [0.25, 0.3) is 0 Å². The Bertz CT molecular complexity index is 566. The van der Waals surface area contributed by atoms with Crippen molar-refractivity contribution in [1.82, 2.24) is 5.32 Å². The van der Waals surface area contributed by atoms with Gasteiger partial charge in [-0.25, -0.2) is 0 Å². The Balaban J connectivity index is 2.20. The summed E-state index contributed by atoms with van der Waals surface area (Å²) in [6.45, 7) is 3.80. The monoisotopic (exact) mass is 269 g/mol. The molecule has 0 saturated heterocycles. The lowest BCUT2D eigenvalue weighted by atomic mass is 10.1. The van der Waals surface area contributed by atoms with Gasteiger partial charge in [0.15, 0.2) is 0 Å². The first-order valence-electron chi connectivity index (χ1n) is 6.82. The number of benzene rings is 2. The number of nitrogens with one attached hydrogen (secondary N) is 1. The number of hydrogen-bond acceptors (Lipinski definition) is 2. The van der Waals surface area contributed by atoms with Gasteiger partial charge < -0.3 is 10.1 Å². The second-order valence-corrected chi connectivity index (χ2v) is 4.60. The van der Waals surface area contributed by atoms with E-state index < -0.39 is 0 Å². The van der Waals surface area contributed by atoms with Gasteiger partial charge in [-0.05, 0) is 25.1 Å². The average Bonchev–Trinajstić information content (AvgIpc) is 2.48. The van der Waals surface area contributed by atoms with E-state index in [4.69, 9.17) is 4.74 Å². The van der Waals surface area contributed by atoms with Crippen LogP contribution in [0.5, 0.6) is 11.5 Å². The fraction of sp³-hybridized carbons (Fsp3) is 0.235. The molecule has 104 valence electrons. The van der Waals surface area contributed by atoms with E-state index in [1.54, 1.807) is 0 Å². The Morgan fingerprint density at radius 1 is 1.10 bits per heavy atom. The molecule has 1 atom stereocenters. The molecule has 0 fully saturated rings. The molecule has 1 N–H and O–H groups in total. The molecule has 2 rings (SSSR count). The van der Waals surface area contributed by atoms with Gasteiger partial charge >= 0.3 is 0 Å². The van der Waals surface area contributed by atoms with Crippen molar-refractivity contribution in [3.8, 4) is 11.5 Å². The lowest BCUT2D eigenvalue weighted by Crippen LogP contribution is -2.25. The Labute approximate surface area is 119 Å². The molecular formula is C17H19NO2. The zero-order chi connectivity index (χ0) is 14.4. The Hall–Kier alpha value is -2.29. The van der Waals surface area contributed by atoms with E-state index >= 15 is 0 Å². The van der Waals surface area contributed by atoms with Crippen LogP contribution in [0.1, 0.15) is 31.9 Å². The molecule has 1 amide bonds. The van der Waals surface area contributed by atoms with E-state index in [0.29, 0.717) is 6.42 Å². The summed E-state index contributed by atoms with van der Waals surface area (Å²) in [6.07, 6.45) is 0.478. The van der Waals surface area contributed by atoms with E-state index in [0.717, 1.165) is 17.1 Å². The van der Waals surface area contributed by atoms with Crippen LogP contribution in [0.4, 0.5) is 0 Å². The molecular weight excluding hydrogens is 250 g/mol. The number of carbonyl (C=O) groups excluding carboxylic acids is 1. The Morgan fingerprint density at radius 3 is 2.45 bits per heavy atom. The van der Waals surface area contributed by atoms with Gasteiger partial charge in [0.05, 0.1) is 6.04 Å². The molecule has 0 aliphatic heterocycles. The maximum atomic E-state index is 11.5. The number of ether oxygens (including phenoxy) is 1. The molecule has 1 unspecified atom stereocenters. The topological polar surface area (TPSA) is 38.3 Å². The van der Waals surface area contributed by atoms with Gasteiger partial charge in [0.25, 0.3) is 0 Å². The van der Waals surface area contributed by atoms with Crippen molar-refractivity contribution in [3.05, 3.63) is 60.2 Å². The molecule has 0 aliphatic rings. The molecule has 0 aliphatic carbocycles. The van der Waals surface area contributed by atoms with Crippen LogP contribution in [-0.4, -0.2) is 5.91 Å². The Kier molecular flexibility index (Phi) is 4.77. The minimum Gasteiger partial charge on any atom is -0.457 e. The quantitative estimate of drug-likeness (QED) is 0.888. The molecule has 3 nitrogen and oxygen atoms in total. The normalized spacial score (nSPS) is 11.7. The third kappa shape index (κ3) is 3.60. The lowest BCUT2D eigenvalue weighted by Gasteiger charge is -2.18. The Morgan fingerprint density at radius 2 is 1.75 bits per heavy atom. The van der Waals surface area contributed by atoms with Crippen LogP contribution in [-0.2, 0) is 4.79 Å². The van der Waals surface area contributed by atoms with Crippen LogP contribution in [0.15, 0.2) is 54.6 Å². The highest BCUT2D eigenvalue weighted by Gasteiger charge is 2.13. The zero-order valence-corrected chi connectivity index (χ0v) is 11.8. The predicted molar refractivity (Wildman–Crippen MR) is 79.8 cm³/mol. The molecule has 20 heavy (non-hydrogen) atoms. The van der Waals surface area contributed by atoms with Gasteiger partial charge in [-0.15, -0.1) is 0 Å². The van der Waals surface area contributed by atoms with Crippen molar-refractivity contribution in [3.63, 3.8) is 0 Å². The van der Waals surface area contributed by atoms with Crippen LogP contribution in [0.2, 0.25) is 0 Å². The summed E-state index contributed by atoms with van der Waals surface area (Å²) in [7, 11) is 0. The van der Waals surface area contributed by atoms with Crippen molar-refractivity contribution >= 4 is 5.91 Å². The summed E-state index contributed by atoms with van der Waals surface area (Å²) in [5.41, 5.74) is 0.971. The summed E-state index contributed by atoms with van der Waals surface area (Å²) in [6, 6.07) is 17.3. The fourth-order valence-corrected chi connectivity index (χ4v) is 1.97. The van der Waals surface area contributed by atoms with E-state index in [2.05, 4.69) is 5.32 Å². The van der Waals surface area contributed by atoms with Crippen LogP contribution < -0.4 is 10.1 Å². The standard InChI is InChI=1S/C17H19NO2/c1-3-17(19)18-13(2)15-11-7-8-12-16(15)20-14-9-5-4-6-10-14/h4-13H,3H2,1-2H3,(H,18,19). The number of para-hydroxylation sites is 2. The fourth-order valence-electron chi connectivity index (χ4n) is 1.97. The maximum Gasteiger partial charge on any atom is 0.220 e. The van der Waals surface area contributed by atoms with Crippen molar-refractivity contribution in [1.29, 1.82) is 0 Å². The number of rotatable bonds is 5. The zero-order valence-electron chi connectivity index (χ0n) is 11.8. The van der Waals surface area contributed by atoms with Gasteiger partial charge in [-0.2, -0.15) is 0 Å². The third-order valence-electron chi connectivity index (χ3n) is 3.06. The number of hydrogen-bond donors (Lipinski definition) is 1. The van der Waals surface area contributed by atoms with Gasteiger partial charge in [0.2, 0.25) is 5.91 Å². The molecule has 0 spiro atoms. The molecule has 0 bridgehead atoms. The van der Waals surface area contributed by atoms with Gasteiger partial charge in [-0.3, -0.25) is 4.79 Å². The van der Waals surface area contributed by atoms with E-state index in [1.807, 2.05) is 68.4 Å². The maximum absolute atomic E-state index is 11.5. The van der Waals surface area contributed by atoms with E-state index in [9.17, 15) is 4.79 Å². The smallest absolute Gasteiger partial charge is 0.220 e. The minimum absolute atomic E-state index is 0.0343. The summed E-state index contributed by atoms with van der Waals surface area (Å²) in [5.74, 6) is 1.59. The molecule has 3 heteroatoms. The van der Waals surface area contributed by atoms with Crippen LogP contribution in [0, 0.1) is 0 Å². The lowest BCUT2D eigenvalue weighted by molar-refractivity contribution is -0.121. The van der Waals surface area contributed by atoms with Gasteiger partial charge in [-0.1, -0.05) is 43.3 Å². The highest BCUT2D eigenvalue weighted by Crippen LogP contribution is 2.29. The van der Waals surface area contributed by atoms with Crippen molar-refractivity contribution < 1.29 is 9.53 Å². The van der Waals surface area contributed by atoms with Crippen LogP contribution >= 0.6 is 0 Å². The average molecular weight is 269 g/mol. The SMILES string of the molecule is CCC(=O)NC(C)c1ccccc1Oc1ccccc1. The second kappa shape index (κ2) is 6.75. The van der Waals surface area contributed by atoms with Crippen molar-refractivity contribution in [2.24, 2.45) is 0 Å². The van der Waals surface area contributed by atoms with Crippen molar-refractivity contribution in [2.75, 3.05) is 0 Å². The largest absolute Gasteiger partial charge is 0.457 e. The first-order chi connectivity index (χ1) is 9.70. The molecule has 0 saturated carbocycles. The summed E-state index contributed by atoms with van der Waals surface area (Å²) < 4.78 is 5.89.